The number of anilines is 1. The highest BCUT2D eigenvalue weighted by Crippen LogP contribution is 2.30. The summed E-state index contributed by atoms with van der Waals surface area (Å²) in [6, 6.07) is 23.4. The molecule has 30 heavy (non-hydrogen) atoms. The molecule has 3 aromatic carbocycles. The minimum absolute atomic E-state index is 0.239. The van der Waals surface area contributed by atoms with Crippen LogP contribution in [0.3, 0.4) is 0 Å². The molecule has 7 heteroatoms. The van der Waals surface area contributed by atoms with Gasteiger partial charge in [-0.15, -0.1) is 0 Å². The zero-order valence-electron chi connectivity index (χ0n) is 16.1. The molecule has 0 bridgehead atoms. The van der Waals surface area contributed by atoms with Gasteiger partial charge < -0.3 is 4.90 Å². The van der Waals surface area contributed by atoms with E-state index in [-0.39, 0.29) is 10.9 Å². The fraction of sp³-hybridized carbons (Fsp3) is 0.174. The maximum atomic E-state index is 12.8. The molecule has 0 saturated heterocycles. The lowest BCUT2D eigenvalue weighted by atomic mass is 9.96. The second-order valence-electron chi connectivity index (χ2n) is 7.30. The second-order valence-corrected chi connectivity index (χ2v) is 9.45. The molecule has 0 aromatic heterocycles. The van der Waals surface area contributed by atoms with Gasteiger partial charge in [0.2, 0.25) is 10.0 Å². The summed E-state index contributed by atoms with van der Waals surface area (Å²) in [7, 11) is -3.64. The molecule has 0 amide bonds. The van der Waals surface area contributed by atoms with E-state index >= 15 is 0 Å². The Hall–Kier alpha value is -2.85. The summed E-state index contributed by atoms with van der Waals surface area (Å²) < 4.78 is 28.5. The molecule has 5 nitrogen and oxygen atoms in total. The van der Waals surface area contributed by atoms with E-state index in [2.05, 4.69) is 15.7 Å². The number of fused-ring (bicyclic) bond motifs is 1. The van der Waals surface area contributed by atoms with Crippen LogP contribution in [0.5, 0.6) is 0 Å². The summed E-state index contributed by atoms with van der Waals surface area (Å²) in [5.74, 6) is 0. The van der Waals surface area contributed by atoms with E-state index in [1.165, 1.54) is 0 Å². The second kappa shape index (κ2) is 8.49. The monoisotopic (exact) mass is 437 g/mol. The van der Waals surface area contributed by atoms with Crippen molar-refractivity contribution in [3.05, 3.63) is 94.5 Å². The first-order valence-corrected chi connectivity index (χ1v) is 11.4. The number of nitrogens with zero attached hydrogens (tertiary/aromatic N) is 2. The van der Waals surface area contributed by atoms with Gasteiger partial charge in [-0.2, -0.15) is 5.26 Å². The van der Waals surface area contributed by atoms with Gasteiger partial charge in [-0.25, -0.2) is 13.1 Å². The van der Waals surface area contributed by atoms with Gasteiger partial charge >= 0.3 is 0 Å². The van der Waals surface area contributed by atoms with E-state index in [1.54, 1.807) is 36.4 Å². The number of hydrogen-bond acceptors (Lipinski definition) is 4. The minimum Gasteiger partial charge on any atom is -0.365 e. The Morgan fingerprint density at radius 2 is 1.87 bits per heavy atom. The topological polar surface area (TPSA) is 73.2 Å². The predicted octanol–water partition coefficient (Wildman–Crippen LogP) is 4.12. The van der Waals surface area contributed by atoms with Crippen molar-refractivity contribution in [1.82, 2.24) is 4.72 Å². The molecule has 152 valence electrons. The Kier molecular flexibility index (Phi) is 5.78. The number of halogens is 1. The summed E-state index contributed by atoms with van der Waals surface area (Å²) in [6.07, 6.45) is 0.517. The molecular formula is C23H20ClN3O2S. The minimum atomic E-state index is -3.64. The Morgan fingerprint density at radius 3 is 2.60 bits per heavy atom. The predicted molar refractivity (Wildman–Crippen MR) is 118 cm³/mol. The molecule has 1 unspecified atom stereocenters. The molecule has 1 aliphatic heterocycles. The van der Waals surface area contributed by atoms with E-state index < -0.39 is 10.0 Å². The van der Waals surface area contributed by atoms with E-state index in [9.17, 15) is 13.7 Å². The van der Waals surface area contributed by atoms with Gasteiger partial charge in [-0.05, 0) is 60.0 Å². The third kappa shape index (κ3) is 4.49. The number of nitriles is 1. The Morgan fingerprint density at radius 1 is 1.07 bits per heavy atom. The van der Waals surface area contributed by atoms with Crippen LogP contribution >= 0.6 is 11.6 Å². The highest BCUT2D eigenvalue weighted by Gasteiger charge is 2.28. The van der Waals surface area contributed by atoms with Gasteiger partial charge in [0.15, 0.2) is 0 Å². The Labute approximate surface area is 181 Å². The molecule has 1 atom stereocenters. The lowest BCUT2D eigenvalue weighted by Gasteiger charge is -2.36. The number of benzene rings is 3. The summed E-state index contributed by atoms with van der Waals surface area (Å²) in [6.45, 7) is 1.10. The molecule has 1 heterocycles. The van der Waals surface area contributed by atoms with Crippen LogP contribution in [0.2, 0.25) is 5.02 Å². The summed E-state index contributed by atoms with van der Waals surface area (Å²) in [4.78, 5) is 2.37. The number of nitrogens with one attached hydrogen (secondary N) is 1. The molecule has 0 aliphatic carbocycles. The van der Waals surface area contributed by atoms with Crippen molar-refractivity contribution in [3.8, 4) is 6.07 Å². The van der Waals surface area contributed by atoms with E-state index in [1.807, 2.05) is 36.4 Å². The fourth-order valence-electron chi connectivity index (χ4n) is 3.79. The van der Waals surface area contributed by atoms with Gasteiger partial charge in [0.1, 0.15) is 0 Å². The average Bonchev–Trinajstić information content (AvgIpc) is 2.73. The van der Waals surface area contributed by atoms with E-state index in [0.29, 0.717) is 30.1 Å². The van der Waals surface area contributed by atoms with E-state index in [4.69, 9.17) is 11.6 Å². The normalized spacial score (nSPS) is 16.0. The van der Waals surface area contributed by atoms with Crippen LogP contribution in [0, 0.1) is 11.3 Å². The number of rotatable bonds is 5. The van der Waals surface area contributed by atoms with Gasteiger partial charge in [-0.3, -0.25) is 0 Å². The molecule has 0 radical (unpaired) electrons. The molecule has 3 aromatic rings. The van der Waals surface area contributed by atoms with Crippen LogP contribution in [-0.2, 0) is 23.0 Å². The largest absolute Gasteiger partial charge is 0.365 e. The van der Waals surface area contributed by atoms with Crippen molar-refractivity contribution in [3.63, 3.8) is 0 Å². The summed E-state index contributed by atoms with van der Waals surface area (Å²) in [5.41, 5.74) is 3.54. The SMILES string of the molecule is N#Cc1ccc2c(c1)CC(NS(=O)(=O)c1ccccc1)CN2Cc1cccc(Cl)c1. The van der Waals surface area contributed by atoms with E-state index in [0.717, 1.165) is 16.8 Å². The smallest absolute Gasteiger partial charge is 0.240 e. The van der Waals surface area contributed by atoms with Gasteiger partial charge in [0, 0.05) is 29.8 Å². The van der Waals surface area contributed by atoms with Crippen molar-refractivity contribution in [2.75, 3.05) is 11.4 Å². The Balaban J connectivity index is 1.64. The third-order valence-corrected chi connectivity index (χ3v) is 6.87. The van der Waals surface area contributed by atoms with Crippen molar-refractivity contribution in [2.45, 2.75) is 23.9 Å². The molecular weight excluding hydrogens is 418 g/mol. The van der Waals surface area contributed by atoms with Crippen LogP contribution < -0.4 is 9.62 Å². The van der Waals surface area contributed by atoms with Gasteiger partial charge in [0.25, 0.3) is 0 Å². The maximum Gasteiger partial charge on any atom is 0.240 e. The highest BCUT2D eigenvalue weighted by atomic mass is 35.5. The lowest BCUT2D eigenvalue weighted by molar-refractivity contribution is 0.524. The van der Waals surface area contributed by atoms with Gasteiger partial charge in [-0.1, -0.05) is 41.9 Å². The molecule has 1 N–H and O–H groups in total. The zero-order valence-corrected chi connectivity index (χ0v) is 17.7. The molecule has 1 aliphatic rings. The molecule has 0 saturated carbocycles. The average molecular weight is 438 g/mol. The van der Waals surface area contributed by atoms with Crippen molar-refractivity contribution >= 4 is 27.3 Å². The maximum absolute atomic E-state index is 12.8. The summed E-state index contributed by atoms with van der Waals surface area (Å²) >= 11 is 6.14. The number of hydrogen-bond donors (Lipinski definition) is 1. The van der Waals surface area contributed by atoms with Crippen molar-refractivity contribution in [2.24, 2.45) is 0 Å². The quantitative estimate of drug-likeness (QED) is 0.651. The standard InChI is InChI=1S/C23H20ClN3O2S/c24-20-6-4-5-18(12-20)15-27-16-21(13-19-11-17(14-25)9-10-23(19)27)26-30(28,29)22-7-2-1-3-8-22/h1-12,21,26H,13,15-16H2. The number of sulfonamides is 1. The third-order valence-electron chi connectivity index (χ3n) is 5.09. The van der Waals surface area contributed by atoms with Crippen LogP contribution in [0.15, 0.2) is 77.7 Å². The van der Waals surface area contributed by atoms with Crippen LogP contribution in [-0.4, -0.2) is 21.0 Å². The van der Waals surface area contributed by atoms with Crippen LogP contribution in [0.1, 0.15) is 16.7 Å². The first-order valence-electron chi connectivity index (χ1n) is 9.54. The summed E-state index contributed by atoms with van der Waals surface area (Å²) in [5, 5.41) is 9.94. The first kappa shape index (κ1) is 20.4. The highest BCUT2D eigenvalue weighted by molar-refractivity contribution is 7.89. The molecule has 0 spiro atoms. The van der Waals surface area contributed by atoms with Crippen LogP contribution in [0.4, 0.5) is 5.69 Å². The zero-order chi connectivity index (χ0) is 21.1. The molecule has 4 rings (SSSR count). The van der Waals surface area contributed by atoms with Crippen molar-refractivity contribution < 1.29 is 8.42 Å². The Bertz CT molecular complexity index is 1210. The molecule has 0 fully saturated rings. The fourth-order valence-corrected chi connectivity index (χ4v) is 5.25. The van der Waals surface area contributed by atoms with Crippen LogP contribution in [0.25, 0.3) is 0 Å². The lowest BCUT2D eigenvalue weighted by Crippen LogP contribution is -2.48. The van der Waals surface area contributed by atoms with Crippen molar-refractivity contribution in [1.29, 1.82) is 5.26 Å². The first-order chi connectivity index (χ1) is 14.4. The van der Waals surface area contributed by atoms with Gasteiger partial charge in [0.05, 0.1) is 16.5 Å².